The molecule has 0 saturated carbocycles. The molecule has 1 aliphatic heterocycles. The van der Waals surface area contributed by atoms with Gasteiger partial charge in [-0.15, -0.1) is 0 Å². The van der Waals surface area contributed by atoms with Crippen LogP contribution in [0.3, 0.4) is 0 Å². The maximum atomic E-state index is 8.39. The summed E-state index contributed by atoms with van der Waals surface area (Å²) in [7, 11) is 0. The molecule has 0 aliphatic carbocycles. The van der Waals surface area contributed by atoms with E-state index in [4.69, 9.17) is 5.21 Å². The third-order valence-electron chi connectivity index (χ3n) is 2.28. The van der Waals surface area contributed by atoms with Gasteiger partial charge in [-0.25, -0.2) is 5.48 Å². The summed E-state index contributed by atoms with van der Waals surface area (Å²) in [6.07, 6.45) is 2.68. The number of rotatable bonds is 3. The van der Waals surface area contributed by atoms with Crippen molar-refractivity contribution in [2.75, 3.05) is 26.2 Å². The Morgan fingerprint density at radius 2 is 2.45 bits per heavy atom. The lowest BCUT2D eigenvalue weighted by molar-refractivity contribution is 0.128. The van der Waals surface area contributed by atoms with E-state index in [1.807, 2.05) is 0 Å². The molecule has 0 aromatic heterocycles. The molecule has 11 heavy (non-hydrogen) atoms. The summed E-state index contributed by atoms with van der Waals surface area (Å²) < 4.78 is 0. The molecule has 0 aromatic carbocycles. The normalized spacial score (nSPS) is 27.3. The molecule has 0 radical (unpaired) electrons. The van der Waals surface area contributed by atoms with Gasteiger partial charge in [0.25, 0.3) is 0 Å². The van der Waals surface area contributed by atoms with E-state index in [0.717, 1.165) is 12.5 Å². The van der Waals surface area contributed by atoms with Crippen LogP contribution in [0.5, 0.6) is 0 Å². The van der Waals surface area contributed by atoms with Crippen molar-refractivity contribution in [3.8, 4) is 0 Å². The van der Waals surface area contributed by atoms with E-state index in [-0.39, 0.29) is 0 Å². The highest BCUT2D eigenvalue weighted by molar-refractivity contribution is 4.69. The minimum absolute atomic E-state index is 0.687. The van der Waals surface area contributed by atoms with Crippen molar-refractivity contribution in [2.24, 2.45) is 5.92 Å². The first-order valence-corrected chi connectivity index (χ1v) is 4.42. The van der Waals surface area contributed by atoms with Gasteiger partial charge >= 0.3 is 0 Å². The first-order valence-electron chi connectivity index (χ1n) is 4.42. The van der Waals surface area contributed by atoms with Crippen LogP contribution in [0.2, 0.25) is 0 Å². The van der Waals surface area contributed by atoms with Gasteiger partial charge in [0, 0.05) is 19.6 Å². The van der Waals surface area contributed by atoms with E-state index in [2.05, 4.69) is 17.3 Å². The summed E-state index contributed by atoms with van der Waals surface area (Å²) >= 11 is 0. The number of nitrogens with zero attached hydrogens (tertiary/aromatic N) is 1. The smallest absolute Gasteiger partial charge is 0.0335 e. The molecule has 0 aromatic rings. The van der Waals surface area contributed by atoms with Crippen LogP contribution >= 0.6 is 0 Å². The second-order valence-electron chi connectivity index (χ2n) is 3.46. The molecule has 1 saturated heterocycles. The Hall–Kier alpha value is -0.120. The first-order chi connectivity index (χ1) is 5.33. The number of hydrogen-bond acceptors (Lipinski definition) is 3. The fourth-order valence-corrected chi connectivity index (χ4v) is 1.70. The van der Waals surface area contributed by atoms with Gasteiger partial charge in [-0.2, -0.15) is 0 Å². The number of hydrogen-bond donors (Lipinski definition) is 2. The van der Waals surface area contributed by atoms with Crippen LogP contribution in [-0.2, 0) is 0 Å². The molecular weight excluding hydrogens is 140 g/mol. The summed E-state index contributed by atoms with van der Waals surface area (Å²) in [5.74, 6) is 0.836. The number of hydroxylamine groups is 1. The Balaban J connectivity index is 2.12. The zero-order chi connectivity index (χ0) is 8.10. The van der Waals surface area contributed by atoms with Gasteiger partial charge in [0.05, 0.1) is 0 Å². The third-order valence-corrected chi connectivity index (χ3v) is 2.28. The number of piperidine rings is 1. The van der Waals surface area contributed by atoms with Gasteiger partial charge < -0.3 is 10.1 Å². The van der Waals surface area contributed by atoms with Crippen LogP contribution in [-0.4, -0.2) is 36.3 Å². The second-order valence-corrected chi connectivity index (χ2v) is 3.46. The van der Waals surface area contributed by atoms with E-state index in [9.17, 15) is 0 Å². The lowest BCUT2D eigenvalue weighted by Gasteiger charge is -2.30. The topological polar surface area (TPSA) is 35.5 Å². The highest BCUT2D eigenvalue weighted by Gasteiger charge is 2.14. The molecular formula is C8H18N2O. The number of likely N-dealkylation sites (tertiary alicyclic amines) is 1. The molecule has 1 fully saturated rings. The van der Waals surface area contributed by atoms with Crippen LogP contribution in [0, 0.1) is 5.92 Å². The van der Waals surface area contributed by atoms with Crippen LogP contribution in [0.15, 0.2) is 0 Å². The Labute approximate surface area is 68.3 Å². The fraction of sp³-hybridized carbons (Fsp3) is 1.00. The van der Waals surface area contributed by atoms with Crippen molar-refractivity contribution in [3.05, 3.63) is 0 Å². The molecule has 3 heteroatoms. The Bertz CT molecular complexity index is 108. The Morgan fingerprint density at radius 1 is 1.64 bits per heavy atom. The third kappa shape index (κ3) is 3.18. The van der Waals surface area contributed by atoms with Crippen molar-refractivity contribution in [2.45, 2.75) is 19.8 Å². The van der Waals surface area contributed by atoms with E-state index in [1.165, 1.54) is 25.9 Å². The lowest BCUT2D eigenvalue weighted by Crippen LogP contribution is -2.38. The fourth-order valence-electron chi connectivity index (χ4n) is 1.70. The van der Waals surface area contributed by atoms with Gasteiger partial charge in [-0.05, 0) is 25.3 Å². The zero-order valence-electron chi connectivity index (χ0n) is 7.21. The van der Waals surface area contributed by atoms with E-state index in [0.29, 0.717) is 6.54 Å². The lowest BCUT2D eigenvalue weighted by atomic mass is 10.0. The average molecular weight is 158 g/mol. The van der Waals surface area contributed by atoms with Crippen molar-refractivity contribution in [1.29, 1.82) is 0 Å². The van der Waals surface area contributed by atoms with Crippen molar-refractivity contribution >= 4 is 0 Å². The molecule has 0 amide bonds. The summed E-state index contributed by atoms with van der Waals surface area (Å²) in [5.41, 5.74) is 2.19. The summed E-state index contributed by atoms with van der Waals surface area (Å²) in [4.78, 5) is 2.40. The first kappa shape index (κ1) is 8.97. The van der Waals surface area contributed by atoms with E-state index < -0.39 is 0 Å². The van der Waals surface area contributed by atoms with Crippen LogP contribution in [0.1, 0.15) is 19.8 Å². The molecule has 66 valence electrons. The molecule has 2 N–H and O–H groups in total. The van der Waals surface area contributed by atoms with Gasteiger partial charge in [0.1, 0.15) is 0 Å². The molecule has 0 bridgehead atoms. The molecule has 0 spiro atoms. The maximum absolute atomic E-state index is 8.39. The maximum Gasteiger partial charge on any atom is 0.0335 e. The van der Waals surface area contributed by atoms with Crippen molar-refractivity contribution in [1.82, 2.24) is 10.4 Å². The SMILES string of the molecule is CC1CCCN(CCNO)C1. The molecule has 1 unspecified atom stereocenters. The molecule has 1 aliphatic rings. The van der Waals surface area contributed by atoms with Gasteiger partial charge in [-0.1, -0.05) is 6.92 Å². The summed E-state index contributed by atoms with van der Waals surface area (Å²) in [6, 6.07) is 0. The quantitative estimate of drug-likeness (QED) is 0.593. The van der Waals surface area contributed by atoms with Gasteiger partial charge in [-0.3, -0.25) is 0 Å². The Kier molecular flexibility index (Phi) is 3.83. The molecule has 3 nitrogen and oxygen atoms in total. The minimum atomic E-state index is 0.687. The van der Waals surface area contributed by atoms with Gasteiger partial charge in [0.15, 0.2) is 0 Å². The highest BCUT2D eigenvalue weighted by atomic mass is 16.5. The van der Waals surface area contributed by atoms with Crippen molar-refractivity contribution in [3.63, 3.8) is 0 Å². The minimum Gasteiger partial charge on any atom is -0.317 e. The van der Waals surface area contributed by atoms with Crippen molar-refractivity contribution < 1.29 is 5.21 Å². The predicted molar refractivity (Wildman–Crippen MR) is 44.6 cm³/mol. The zero-order valence-corrected chi connectivity index (χ0v) is 7.21. The molecule has 1 atom stereocenters. The van der Waals surface area contributed by atoms with Gasteiger partial charge in [0.2, 0.25) is 0 Å². The monoisotopic (exact) mass is 158 g/mol. The standard InChI is InChI=1S/C8H18N2O/c1-8-3-2-5-10(7-8)6-4-9-11/h8-9,11H,2-7H2,1H3. The highest BCUT2D eigenvalue weighted by Crippen LogP contribution is 2.14. The largest absolute Gasteiger partial charge is 0.317 e. The van der Waals surface area contributed by atoms with Crippen LogP contribution < -0.4 is 5.48 Å². The number of nitrogens with one attached hydrogen (secondary N) is 1. The predicted octanol–water partition coefficient (Wildman–Crippen LogP) is 0.697. The van der Waals surface area contributed by atoms with E-state index in [1.54, 1.807) is 0 Å². The second kappa shape index (κ2) is 4.70. The van der Waals surface area contributed by atoms with Crippen LogP contribution in [0.25, 0.3) is 0 Å². The summed E-state index contributed by atoms with van der Waals surface area (Å²) in [6.45, 7) is 6.35. The summed E-state index contributed by atoms with van der Waals surface area (Å²) in [5, 5.41) is 8.39. The average Bonchev–Trinajstić information content (AvgIpc) is 2.01. The molecule has 1 rings (SSSR count). The molecule has 1 heterocycles. The van der Waals surface area contributed by atoms with Crippen LogP contribution in [0.4, 0.5) is 0 Å². The van der Waals surface area contributed by atoms with E-state index >= 15 is 0 Å². The Morgan fingerprint density at radius 3 is 3.09 bits per heavy atom.